The Balaban J connectivity index is 1.87. The predicted octanol–water partition coefficient (Wildman–Crippen LogP) is 4.72. The molecule has 0 aliphatic carbocycles. The molecule has 1 aliphatic heterocycles. The molecule has 2 heterocycles. The van der Waals surface area contributed by atoms with Gasteiger partial charge in [-0.15, -0.1) is 0 Å². The SMILES string of the molecule is COC[C@H](c1ccnc(NC(=O)[C@@H](NC(=O)OC(C)(C)C)c2ccc(F)c(Cl)c2)c1)N1C[C@@H](C(F)(F)F)NC1=O. The minimum Gasteiger partial charge on any atom is -0.444 e. The van der Waals surface area contributed by atoms with Crippen molar-refractivity contribution in [1.82, 2.24) is 20.5 Å². The summed E-state index contributed by atoms with van der Waals surface area (Å²) in [4.78, 5) is 43.2. The third-order valence-corrected chi connectivity index (χ3v) is 5.94. The molecule has 218 valence electrons. The van der Waals surface area contributed by atoms with E-state index >= 15 is 0 Å². The van der Waals surface area contributed by atoms with E-state index in [0.29, 0.717) is 5.56 Å². The fraction of sp³-hybridized carbons (Fsp3) is 0.440. The number of nitrogens with one attached hydrogen (secondary N) is 3. The number of urea groups is 1. The Labute approximate surface area is 232 Å². The van der Waals surface area contributed by atoms with Gasteiger partial charge in [0.25, 0.3) is 5.91 Å². The van der Waals surface area contributed by atoms with E-state index in [2.05, 4.69) is 15.6 Å². The summed E-state index contributed by atoms with van der Waals surface area (Å²) in [6, 6.07) is 0.946. The van der Waals surface area contributed by atoms with Crippen LogP contribution in [0.4, 0.5) is 33.0 Å². The molecule has 3 N–H and O–H groups in total. The maximum absolute atomic E-state index is 13.8. The van der Waals surface area contributed by atoms with Crippen molar-refractivity contribution in [2.45, 2.75) is 50.7 Å². The molecule has 0 spiro atoms. The maximum Gasteiger partial charge on any atom is 0.410 e. The van der Waals surface area contributed by atoms with Gasteiger partial charge >= 0.3 is 18.3 Å². The van der Waals surface area contributed by atoms with Crippen LogP contribution in [0.25, 0.3) is 0 Å². The summed E-state index contributed by atoms with van der Waals surface area (Å²) >= 11 is 5.88. The monoisotopic (exact) mass is 589 g/mol. The molecule has 1 aromatic heterocycles. The number of anilines is 1. The van der Waals surface area contributed by atoms with Crippen LogP contribution in [0.1, 0.15) is 44.0 Å². The van der Waals surface area contributed by atoms with Crippen LogP contribution in [0.5, 0.6) is 0 Å². The molecule has 1 aromatic carbocycles. The minimum atomic E-state index is -4.64. The molecule has 10 nitrogen and oxygen atoms in total. The summed E-state index contributed by atoms with van der Waals surface area (Å²) in [5.74, 6) is -1.59. The molecular weight excluding hydrogens is 562 g/mol. The van der Waals surface area contributed by atoms with Crippen molar-refractivity contribution < 1.29 is 41.4 Å². The Kier molecular flexibility index (Phi) is 9.46. The first-order valence-electron chi connectivity index (χ1n) is 11.9. The van der Waals surface area contributed by atoms with Crippen LogP contribution in [0.2, 0.25) is 5.02 Å². The topological polar surface area (TPSA) is 122 Å². The Morgan fingerprint density at radius 1 is 1.20 bits per heavy atom. The lowest BCUT2D eigenvalue weighted by Crippen LogP contribution is -2.40. The molecule has 0 saturated carbocycles. The minimum absolute atomic E-state index is 0.0419. The van der Waals surface area contributed by atoms with Gasteiger partial charge in [-0.2, -0.15) is 13.2 Å². The van der Waals surface area contributed by atoms with Crippen molar-refractivity contribution in [1.29, 1.82) is 0 Å². The lowest BCUT2D eigenvalue weighted by Gasteiger charge is -2.27. The number of ether oxygens (including phenoxy) is 2. The summed E-state index contributed by atoms with van der Waals surface area (Å²) in [6.07, 6.45) is -4.29. The zero-order chi connectivity index (χ0) is 29.8. The zero-order valence-corrected chi connectivity index (χ0v) is 22.7. The largest absolute Gasteiger partial charge is 0.444 e. The molecule has 2 aromatic rings. The lowest BCUT2D eigenvalue weighted by molar-refractivity contribution is -0.150. The van der Waals surface area contributed by atoms with Crippen molar-refractivity contribution in [3.05, 3.63) is 58.5 Å². The van der Waals surface area contributed by atoms with Crippen LogP contribution < -0.4 is 16.0 Å². The van der Waals surface area contributed by atoms with Gasteiger partial charge in [-0.1, -0.05) is 17.7 Å². The summed E-state index contributed by atoms with van der Waals surface area (Å²) in [6.45, 7) is 4.08. The number of amides is 4. The Morgan fingerprint density at radius 2 is 1.90 bits per heavy atom. The van der Waals surface area contributed by atoms with E-state index in [1.807, 2.05) is 5.32 Å². The van der Waals surface area contributed by atoms with Crippen LogP contribution in [0.3, 0.4) is 0 Å². The molecule has 0 bridgehead atoms. The van der Waals surface area contributed by atoms with Gasteiger partial charge in [0, 0.05) is 13.3 Å². The highest BCUT2D eigenvalue weighted by Crippen LogP contribution is 2.31. The van der Waals surface area contributed by atoms with Gasteiger partial charge in [0.05, 0.1) is 24.2 Å². The Morgan fingerprint density at radius 3 is 2.48 bits per heavy atom. The van der Waals surface area contributed by atoms with E-state index in [1.54, 1.807) is 20.8 Å². The number of alkyl carbamates (subject to hydrolysis) is 1. The summed E-state index contributed by atoms with van der Waals surface area (Å²) in [7, 11) is 1.33. The van der Waals surface area contributed by atoms with Gasteiger partial charge < -0.3 is 30.3 Å². The number of carbonyl (C=O) groups is 3. The molecular formula is C25H28ClF4N5O5. The number of alkyl halides is 3. The van der Waals surface area contributed by atoms with E-state index in [9.17, 15) is 31.9 Å². The second kappa shape index (κ2) is 12.3. The first-order chi connectivity index (χ1) is 18.6. The quantitative estimate of drug-likeness (QED) is 0.383. The molecule has 0 radical (unpaired) electrons. The third kappa shape index (κ3) is 7.94. The zero-order valence-electron chi connectivity index (χ0n) is 21.9. The number of halogens is 5. The summed E-state index contributed by atoms with van der Waals surface area (Å²) in [5, 5.41) is 6.55. The van der Waals surface area contributed by atoms with Crippen LogP contribution in [0, 0.1) is 5.82 Å². The number of rotatable bonds is 8. The average molecular weight is 590 g/mol. The standard InChI is InChI=1S/C25H28ClF4N5O5/c1-24(2,3)40-23(38)34-20(14-5-6-16(27)15(26)9-14)21(36)33-19-10-13(7-8-31-19)17(12-39-4)35-11-18(25(28,29)30)32-22(35)37/h5-10,17-18,20H,11-12H2,1-4H3,(H,32,37)(H,34,38)(H,31,33,36)/t17-,18+,20+/m1/s1. The number of hydrogen-bond donors (Lipinski definition) is 3. The van der Waals surface area contributed by atoms with Gasteiger partial charge in [-0.05, 0) is 56.2 Å². The molecule has 4 amide bonds. The highest BCUT2D eigenvalue weighted by Gasteiger charge is 2.48. The number of nitrogens with zero attached hydrogens (tertiary/aromatic N) is 2. The van der Waals surface area contributed by atoms with Crippen LogP contribution in [0.15, 0.2) is 36.5 Å². The summed E-state index contributed by atoms with van der Waals surface area (Å²) < 4.78 is 63.8. The number of aromatic nitrogens is 1. The van der Waals surface area contributed by atoms with Crippen LogP contribution in [-0.4, -0.2) is 66.0 Å². The smallest absolute Gasteiger partial charge is 0.410 e. The number of hydrogen-bond acceptors (Lipinski definition) is 6. The Bertz CT molecular complexity index is 1260. The molecule has 1 aliphatic rings. The first kappa shape index (κ1) is 30.9. The average Bonchev–Trinajstić information content (AvgIpc) is 3.23. The van der Waals surface area contributed by atoms with Gasteiger partial charge in [0.15, 0.2) is 0 Å². The number of carbonyl (C=O) groups excluding carboxylic acids is 3. The van der Waals surface area contributed by atoms with Crippen molar-refractivity contribution in [3.63, 3.8) is 0 Å². The summed E-state index contributed by atoms with van der Waals surface area (Å²) in [5.41, 5.74) is -0.424. The number of pyridine rings is 1. The molecule has 1 fully saturated rings. The fourth-order valence-electron chi connectivity index (χ4n) is 3.87. The second-order valence-electron chi connectivity index (χ2n) is 9.88. The lowest BCUT2D eigenvalue weighted by atomic mass is 10.1. The maximum atomic E-state index is 13.8. The second-order valence-corrected chi connectivity index (χ2v) is 10.3. The van der Waals surface area contributed by atoms with Gasteiger partial charge in [0.2, 0.25) is 0 Å². The highest BCUT2D eigenvalue weighted by molar-refractivity contribution is 6.30. The van der Waals surface area contributed by atoms with Crippen molar-refractivity contribution >= 4 is 35.5 Å². The van der Waals surface area contributed by atoms with Gasteiger partial charge in [-0.3, -0.25) is 4.79 Å². The van der Waals surface area contributed by atoms with E-state index in [-0.39, 0.29) is 23.0 Å². The predicted molar refractivity (Wildman–Crippen MR) is 136 cm³/mol. The van der Waals surface area contributed by atoms with E-state index in [4.69, 9.17) is 21.1 Å². The molecule has 40 heavy (non-hydrogen) atoms. The fourth-order valence-corrected chi connectivity index (χ4v) is 4.06. The normalized spacial score (nSPS) is 17.2. The molecule has 3 atom stereocenters. The molecule has 15 heteroatoms. The van der Waals surface area contributed by atoms with E-state index in [1.165, 1.54) is 37.6 Å². The number of benzene rings is 1. The van der Waals surface area contributed by atoms with Crippen molar-refractivity contribution in [2.75, 3.05) is 25.6 Å². The highest BCUT2D eigenvalue weighted by atomic mass is 35.5. The molecule has 1 saturated heterocycles. The number of methoxy groups -OCH3 is 1. The van der Waals surface area contributed by atoms with Crippen molar-refractivity contribution in [2.24, 2.45) is 0 Å². The van der Waals surface area contributed by atoms with E-state index in [0.717, 1.165) is 11.0 Å². The van der Waals surface area contributed by atoms with Crippen LogP contribution >= 0.6 is 11.6 Å². The van der Waals surface area contributed by atoms with Crippen molar-refractivity contribution in [3.8, 4) is 0 Å². The third-order valence-electron chi connectivity index (χ3n) is 5.65. The van der Waals surface area contributed by atoms with Gasteiger partial charge in [0.1, 0.15) is 29.3 Å². The first-order valence-corrected chi connectivity index (χ1v) is 12.3. The molecule has 0 unspecified atom stereocenters. The van der Waals surface area contributed by atoms with E-state index < -0.39 is 60.3 Å². The van der Waals surface area contributed by atoms with Gasteiger partial charge in [-0.25, -0.2) is 19.0 Å². The Hall–Kier alpha value is -3.65. The molecule has 3 rings (SSSR count). The van der Waals surface area contributed by atoms with Crippen LogP contribution in [-0.2, 0) is 14.3 Å².